The van der Waals surface area contributed by atoms with Gasteiger partial charge < -0.3 is 20.5 Å². The van der Waals surface area contributed by atoms with Crippen LogP contribution in [0.1, 0.15) is 5.56 Å². The zero-order valence-electron chi connectivity index (χ0n) is 11.3. The predicted octanol–water partition coefficient (Wildman–Crippen LogP) is 2.43. The minimum Gasteiger partial charge on any atom is -0.495 e. The zero-order chi connectivity index (χ0) is 14.5. The maximum absolute atomic E-state index is 13.8. The normalized spacial score (nSPS) is 10.2. The Balaban J connectivity index is 2.09. The molecule has 0 saturated heterocycles. The highest BCUT2D eigenvalue weighted by Crippen LogP contribution is 2.28. The number of nitrogens with one attached hydrogen (secondary N) is 1. The lowest BCUT2D eigenvalue weighted by molar-refractivity contribution is 0.397. The first-order valence-corrected chi connectivity index (χ1v) is 6.00. The Morgan fingerprint density at radius 2 is 2.05 bits per heavy atom. The molecule has 6 heteroatoms. The second-order valence-electron chi connectivity index (χ2n) is 4.14. The van der Waals surface area contributed by atoms with Crippen molar-refractivity contribution in [1.82, 2.24) is 4.98 Å². The Kier molecular flexibility index (Phi) is 4.24. The van der Waals surface area contributed by atoms with Gasteiger partial charge in [-0.2, -0.15) is 0 Å². The Morgan fingerprint density at radius 3 is 2.65 bits per heavy atom. The average molecular weight is 277 g/mol. The van der Waals surface area contributed by atoms with Crippen molar-refractivity contribution in [2.75, 3.05) is 25.3 Å². The number of nitrogen functional groups attached to an aromatic ring is 1. The molecular formula is C14H16FN3O2. The highest BCUT2D eigenvalue weighted by molar-refractivity contribution is 5.62. The van der Waals surface area contributed by atoms with Crippen molar-refractivity contribution in [3.8, 4) is 11.6 Å². The van der Waals surface area contributed by atoms with Crippen molar-refractivity contribution in [3.05, 3.63) is 41.8 Å². The SMILES string of the molecule is COc1ccc(CNc2cc(OC)c(N)cc2F)cn1. The number of nitrogens with two attached hydrogens (primary N) is 1. The zero-order valence-corrected chi connectivity index (χ0v) is 11.3. The van der Waals surface area contributed by atoms with Crippen LogP contribution in [0.25, 0.3) is 0 Å². The monoisotopic (exact) mass is 277 g/mol. The third kappa shape index (κ3) is 3.09. The molecule has 0 saturated carbocycles. The fourth-order valence-corrected chi connectivity index (χ4v) is 1.71. The van der Waals surface area contributed by atoms with Crippen molar-refractivity contribution in [1.29, 1.82) is 0 Å². The van der Waals surface area contributed by atoms with E-state index in [1.807, 2.05) is 6.07 Å². The van der Waals surface area contributed by atoms with Gasteiger partial charge in [0.2, 0.25) is 5.88 Å². The van der Waals surface area contributed by atoms with E-state index in [0.29, 0.717) is 23.9 Å². The standard InChI is InChI=1S/C14H16FN3O2/c1-19-13-6-12(10(15)5-11(13)16)17-7-9-3-4-14(20-2)18-8-9/h3-6,8,17H,7,16H2,1-2H3. The number of ether oxygens (including phenoxy) is 2. The van der Waals surface area contributed by atoms with Crippen LogP contribution in [0.3, 0.4) is 0 Å². The summed E-state index contributed by atoms with van der Waals surface area (Å²) in [5.41, 5.74) is 7.12. The van der Waals surface area contributed by atoms with Gasteiger partial charge in [0.15, 0.2) is 0 Å². The van der Waals surface area contributed by atoms with Gasteiger partial charge in [0.05, 0.1) is 25.6 Å². The molecule has 1 aromatic carbocycles. The number of methoxy groups -OCH3 is 2. The van der Waals surface area contributed by atoms with Gasteiger partial charge >= 0.3 is 0 Å². The summed E-state index contributed by atoms with van der Waals surface area (Å²) in [7, 11) is 3.04. The van der Waals surface area contributed by atoms with Crippen LogP contribution in [0.4, 0.5) is 15.8 Å². The molecule has 0 unspecified atom stereocenters. The van der Waals surface area contributed by atoms with Gasteiger partial charge in [-0.1, -0.05) is 6.07 Å². The molecule has 1 heterocycles. The Labute approximate surface area is 116 Å². The Hall–Kier alpha value is -2.50. The average Bonchev–Trinajstić information content (AvgIpc) is 2.47. The molecule has 2 rings (SSSR count). The van der Waals surface area contributed by atoms with Crippen LogP contribution >= 0.6 is 0 Å². The molecule has 1 aromatic heterocycles. The summed E-state index contributed by atoms with van der Waals surface area (Å²) in [6.07, 6.45) is 1.66. The van der Waals surface area contributed by atoms with Gasteiger partial charge in [0, 0.05) is 30.9 Å². The molecule has 0 atom stereocenters. The van der Waals surface area contributed by atoms with E-state index in [0.717, 1.165) is 5.56 Å². The Morgan fingerprint density at radius 1 is 1.25 bits per heavy atom. The van der Waals surface area contributed by atoms with E-state index in [4.69, 9.17) is 15.2 Å². The first-order chi connectivity index (χ1) is 9.63. The number of hydrogen-bond acceptors (Lipinski definition) is 5. The molecule has 2 aromatic rings. The molecule has 0 aliphatic heterocycles. The molecule has 106 valence electrons. The summed E-state index contributed by atoms with van der Waals surface area (Å²) in [6, 6.07) is 6.36. The van der Waals surface area contributed by atoms with Crippen LogP contribution in [-0.2, 0) is 6.54 Å². The van der Waals surface area contributed by atoms with E-state index in [1.165, 1.54) is 19.2 Å². The number of hydrogen-bond donors (Lipinski definition) is 2. The summed E-state index contributed by atoms with van der Waals surface area (Å²) in [5.74, 6) is 0.542. The topological polar surface area (TPSA) is 69.4 Å². The predicted molar refractivity (Wildman–Crippen MR) is 75.5 cm³/mol. The number of nitrogens with zero attached hydrogens (tertiary/aromatic N) is 1. The fraction of sp³-hybridized carbons (Fsp3) is 0.214. The molecule has 0 fully saturated rings. The van der Waals surface area contributed by atoms with E-state index in [9.17, 15) is 4.39 Å². The number of rotatable bonds is 5. The summed E-state index contributed by atoms with van der Waals surface area (Å²) >= 11 is 0. The third-order valence-electron chi connectivity index (χ3n) is 2.81. The van der Waals surface area contributed by atoms with Crippen molar-refractivity contribution < 1.29 is 13.9 Å². The van der Waals surface area contributed by atoms with E-state index in [1.54, 1.807) is 19.4 Å². The van der Waals surface area contributed by atoms with Crippen LogP contribution in [-0.4, -0.2) is 19.2 Å². The van der Waals surface area contributed by atoms with Gasteiger partial charge in [0.1, 0.15) is 11.6 Å². The summed E-state index contributed by atoms with van der Waals surface area (Å²) in [4.78, 5) is 4.08. The molecule has 3 N–H and O–H groups in total. The molecule has 0 aliphatic rings. The van der Waals surface area contributed by atoms with Crippen molar-refractivity contribution in [3.63, 3.8) is 0 Å². The Bertz CT molecular complexity index is 588. The van der Waals surface area contributed by atoms with E-state index < -0.39 is 5.82 Å². The molecule has 0 radical (unpaired) electrons. The third-order valence-corrected chi connectivity index (χ3v) is 2.81. The highest BCUT2D eigenvalue weighted by Gasteiger charge is 2.08. The number of pyridine rings is 1. The van der Waals surface area contributed by atoms with Gasteiger partial charge in [-0.25, -0.2) is 9.37 Å². The fourth-order valence-electron chi connectivity index (χ4n) is 1.71. The van der Waals surface area contributed by atoms with Crippen molar-refractivity contribution in [2.45, 2.75) is 6.54 Å². The lowest BCUT2D eigenvalue weighted by Gasteiger charge is -2.11. The first-order valence-electron chi connectivity index (χ1n) is 6.00. The van der Waals surface area contributed by atoms with Gasteiger partial charge in [-0.05, 0) is 5.56 Å². The molecule has 0 aliphatic carbocycles. The van der Waals surface area contributed by atoms with Gasteiger partial charge in [-0.3, -0.25) is 0 Å². The summed E-state index contributed by atoms with van der Waals surface area (Å²) in [5, 5.41) is 2.98. The van der Waals surface area contributed by atoms with Gasteiger partial charge in [-0.15, -0.1) is 0 Å². The molecule has 5 nitrogen and oxygen atoms in total. The molecule has 0 bridgehead atoms. The molecule has 0 amide bonds. The lowest BCUT2D eigenvalue weighted by atomic mass is 10.2. The largest absolute Gasteiger partial charge is 0.495 e. The summed E-state index contributed by atoms with van der Waals surface area (Å²) in [6.45, 7) is 0.432. The second kappa shape index (κ2) is 6.10. The van der Waals surface area contributed by atoms with E-state index >= 15 is 0 Å². The number of aromatic nitrogens is 1. The quantitative estimate of drug-likeness (QED) is 0.821. The maximum atomic E-state index is 13.8. The molecular weight excluding hydrogens is 261 g/mol. The molecule has 0 spiro atoms. The first kappa shape index (κ1) is 13.9. The van der Waals surface area contributed by atoms with Crippen molar-refractivity contribution in [2.24, 2.45) is 0 Å². The second-order valence-corrected chi connectivity index (χ2v) is 4.14. The minimum atomic E-state index is -0.426. The van der Waals surface area contributed by atoms with Crippen LogP contribution in [0.5, 0.6) is 11.6 Å². The number of benzene rings is 1. The van der Waals surface area contributed by atoms with Crippen LogP contribution in [0.2, 0.25) is 0 Å². The van der Waals surface area contributed by atoms with E-state index in [2.05, 4.69) is 10.3 Å². The smallest absolute Gasteiger partial charge is 0.212 e. The van der Waals surface area contributed by atoms with Crippen LogP contribution < -0.4 is 20.5 Å². The highest BCUT2D eigenvalue weighted by atomic mass is 19.1. The minimum absolute atomic E-state index is 0.265. The van der Waals surface area contributed by atoms with Crippen LogP contribution in [0.15, 0.2) is 30.5 Å². The van der Waals surface area contributed by atoms with Crippen LogP contribution in [0, 0.1) is 5.82 Å². The van der Waals surface area contributed by atoms with Crippen molar-refractivity contribution >= 4 is 11.4 Å². The number of anilines is 2. The lowest BCUT2D eigenvalue weighted by Crippen LogP contribution is -2.04. The summed E-state index contributed by atoms with van der Waals surface area (Å²) < 4.78 is 23.8. The number of halogens is 1. The maximum Gasteiger partial charge on any atom is 0.212 e. The molecule has 20 heavy (non-hydrogen) atoms. The van der Waals surface area contributed by atoms with Gasteiger partial charge in [0.25, 0.3) is 0 Å². The van der Waals surface area contributed by atoms with E-state index in [-0.39, 0.29) is 5.69 Å².